The van der Waals surface area contributed by atoms with Gasteiger partial charge in [0.05, 0.1) is 10.8 Å². The van der Waals surface area contributed by atoms with Gasteiger partial charge in [0, 0.05) is 4.90 Å². The van der Waals surface area contributed by atoms with Crippen molar-refractivity contribution in [2.24, 2.45) is 0 Å². The normalized spacial score (nSPS) is 12.9. The fourth-order valence-electron chi connectivity index (χ4n) is 0.635. The van der Waals surface area contributed by atoms with E-state index in [1.807, 2.05) is 18.2 Å². The topological polar surface area (TPSA) is 17.1 Å². The van der Waals surface area contributed by atoms with Gasteiger partial charge in [-0.1, -0.05) is 18.2 Å². The molecule has 0 unspecified atom stereocenters. The highest BCUT2D eigenvalue weighted by atomic mass is 35.5. The van der Waals surface area contributed by atoms with Gasteiger partial charge < -0.3 is 0 Å². The van der Waals surface area contributed by atoms with Crippen molar-refractivity contribution in [3.05, 3.63) is 30.3 Å². The van der Waals surface area contributed by atoms with Crippen LogP contribution in [0.5, 0.6) is 0 Å². The number of benzene rings is 1. The van der Waals surface area contributed by atoms with Gasteiger partial charge in [0.2, 0.25) is 0 Å². The molecule has 0 bridgehead atoms. The number of halogens is 1. The number of rotatable bonds is 2. The van der Waals surface area contributed by atoms with Gasteiger partial charge in [-0.3, -0.25) is 4.21 Å². The molecule has 10 heavy (non-hydrogen) atoms. The third-order valence-corrected chi connectivity index (χ3v) is 2.70. The highest BCUT2D eigenvalue weighted by molar-refractivity contribution is 7.86. The molecule has 0 N–H and O–H groups in total. The second kappa shape index (κ2) is 3.74. The highest BCUT2D eigenvalue weighted by Crippen LogP contribution is 2.05. The molecule has 0 saturated heterocycles. The lowest BCUT2D eigenvalue weighted by Gasteiger charge is -1.94. The maximum Gasteiger partial charge on any atom is 0.103 e. The van der Waals surface area contributed by atoms with Crippen LogP contribution in [0.2, 0.25) is 0 Å². The van der Waals surface area contributed by atoms with Crippen LogP contribution in [-0.4, -0.2) is 9.42 Å². The summed E-state index contributed by atoms with van der Waals surface area (Å²) in [5, 5.41) is 0.171. The Kier molecular flexibility index (Phi) is 2.90. The van der Waals surface area contributed by atoms with E-state index in [2.05, 4.69) is 0 Å². The summed E-state index contributed by atoms with van der Waals surface area (Å²) in [6.07, 6.45) is 0. The van der Waals surface area contributed by atoms with Gasteiger partial charge in [-0.15, -0.1) is 11.6 Å². The molecular formula is C7H7ClOS. The maximum atomic E-state index is 11.0. The molecule has 1 aromatic carbocycles. The van der Waals surface area contributed by atoms with Gasteiger partial charge >= 0.3 is 0 Å². The van der Waals surface area contributed by atoms with Gasteiger partial charge in [0.25, 0.3) is 0 Å². The molecule has 0 aromatic heterocycles. The lowest BCUT2D eigenvalue weighted by molar-refractivity contribution is 0.686. The summed E-state index contributed by atoms with van der Waals surface area (Å²) in [6.45, 7) is 0. The second-order valence-electron chi connectivity index (χ2n) is 1.77. The van der Waals surface area contributed by atoms with E-state index in [9.17, 15) is 4.21 Å². The lowest BCUT2D eigenvalue weighted by atomic mass is 10.4. The largest absolute Gasteiger partial charge is 0.253 e. The van der Waals surface area contributed by atoms with Crippen molar-refractivity contribution in [3.63, 3.8) is 0 Å². The zero-order chi connectivity index (χ0) is 7.40. The van der Waals surface area contributed by atoms with E-state index in [0.29, 0.717) is 0 Å². The lowest BCUT2D eigenvalue weighted by Crippen LogP contribution is -1.89. The molecule has 0 amide bonds. The highest BCUT2D eigenvalue weighted by Gasteiger charge is 1.97. The molecule has 54 valence electrons. The van der Waals surface area contributed by atoms with E-state index < -0.39 is 10.8 Å². The molecule has 0 spiro atoms. The number of hydrogen-bond donors (Lipinski definition) is 0. The van der Waals surface area contributed by atoms with Gasteiger partial charge in [0.15, 0.2) is 0 Å². The van der Waals surface area contributed by atoms with Crippen LogP contribution < -0.4 is 0 Å². The van der Waals surface area contributed by atoms with Gasteiger partial charge in [0.1, 0.15) is 5.21 Å². The van der Waals surface area contributed by atoms with Crippen LogP contribution in [0.3, 0.4) is 0 Å². The summed E-state index contributed by atoms with van der Waals surface area (Å²) < 4.78 is 11.0. The second-order valence-corrected chi connectivity index (χ2v) is 3.80. The maximum absolute atomic E-state index is 11.0. The zero-order valence-corrected chi connectivity index (χ0v) is 6.86. The summed E-state index contributed by atoms with van der Waals surface area (Å²) in [7, 11) is -1.02. The Balaban J connectivity index is 2.85. The third kappa shape index (κ3) is 1.82. The molecule has 0 radical (unpaired) electrons. The summed E-state index contributed by atoms with van der Waals surface area (Å²) in [6, 6.07) is 9.19. The first-order valence-electron chi connectivity index (χ1n) is 2.84. The average molecular weight is 175 g/mol. The Hall–Kier alpha value is -0.340. The standard InChI is InChI=1S/C7H7ClOS/c8-6-10(9)7-4-2-1-3-5-7/h1-5H,6H2/t10-/m1/s1. The molecule has 0 aliphatic carbocycles. The molecule has 0 saturated carbocycles. The van der Waals surface area contributed by atoms with E-state index in [0.717, 1.165) is 4.90 Å². The number of alkyl halides is 1. The summed E-state index contributed by atoms with van der Waals surface area (Å²) in [5.74, 6) is 0. The quantitative estimate of drug-likeness (QED) is 0.627. The van der Waals surface area contributed by atoms with Crippen LogP contribution in [0.25, 0.3) is 0 Å². The first-order valence-corrected chi connectivity index (χ1v) is 4.69. The minimum Gasteiger partial charge on any atom is -0.253 e. The Morgan fingerprint density at radius 2 is 1.90 bits per heavy atom. The van der Waals surface area contributed by atoms with Crippen molar-refractivity contribution in [2.75, 3.05) is 5.21 Å². The Labute approximate surface area is 67.5 Å². The van der Waals surface area contributed by atoms with Crippen molar-refractivity contribution in [1.82, 2.24) is 0 Å². The van der Waals surface area contributed by atoms with Gasteiger partial charge in [-0.2, -0.15) is 0 Å². The average Bonchev–Trinajstić information content (AvgIpc) is 2.05. The van der Waals surface area contributed by atoms with E-state index in [4.69, 9.17) is 11.6 Å². The van der Waals surface area contributed by atoms with Crippen molar-refractivity contribution in [1.29, 1.82) is 0 Å². The zero-order valence-electron chi connectivity index (χ0n) is 5.29. The minimum atomic E-state index is -1.02. The van der Waals surface area contributed by atoms with Crippen LogP contribution in [0, 0.1) is 0 Å². The first kappa shape index (κ1) is 7.76. The third-order valence-electron chi connectivity index (χ3n) is 1.11. The van der Waals surface area contributed by atoms with Crippen LogP contribution in [0.1, 0.15) is 0 Å². The van der Waals surface area contributed by atoms with Gasteiger partial charge in [-0.25, -0.2) is 0 Å². The van der Waals surface area contributed by atoms with Crippen LogP contribution in [-0.2, 0) is 10.8 Å². The predicted molar refractivity (Wildman–Crippen MR) is 43.6 cm³/mol. The Morgan fingerprint density at radius 1 is 1.30 bits per heavy atom. The summed E-state index contributed by atoms with van der Waals surface area (Å²) >= 11 is 5.39. The summed E-state index contributed by atoms with van der Waals surface area (Å²) in [4.78, 5) is 0.789. The van der Waals surface area contributed by atoms with Crippen molar-refractivity contribution >= 4 is 22.4 Å². The number of hydrogen-bond acceptors (Lipinski definition) is 1. The molecule has 0 aliphatic rings. The van der Waals surface area contributed by atoms with Gasteiger partial charge in [-0.05, 0) is 12.1 Å². The minimum absolute atomic E-state index is 0.171. The molecular weight excluding hydrogens is 168 g/mol. The Bertz CT molecular complexity index is 222. The molecule has 3 heteroatoms. The fraction of sp³-hybridized carbons (Fsp3) is 0.143. The fourth-order valence-corrected chi connectivity index (χ4v) is 1.60. The van der Waals surface area contributed by atoms with Crippen LogP contribution in [0.4, 0.5) is 0 Å². The van der Waals surface area contributed by atoms with Crippen molar-refractivity contribution in [2.45, 2.75) is 4.90 Å². The van der Waals surface area contributed by atoms with Crippen molar-refractivity contribution in [3.8, 4) is 0 Å². The molecule has 1 aromatic rings. The van der Waals surface area contributed by atoms with E-state index >= 15 is 0 Å². The smallest absolute Gasteiger partial charge is 0.103 e. The Morgan fingerprint density at radius 3 is 2.40 bits per heavy atom. The molecule has 0 fully saturated rings. The van der Waals surface area contributed by atoms with E-state index in [1.54, 1.807) is 12.1 Å². The van der Waals surface area contributed by atoms with E-state index in [1.165, 1.54) is 0 Å². The van der Waals surface area contributed by atoms with E-state index in [-0.39, 0.29) is 5.21 Å². The molecule has 0 heterocycles. The predicted octanol–water partition coefficient (Wildman–Crippen LogP) is 1.99. The molecule has 1 rings (SSSR count). The monoisotopic (exact) mass is 174 g/mol. The molecule has 0 aliphatic heterocycles. The SMILES string of the molecule is O=[S@](CCl)c1ccccc1. The first-order chi connectivity index (χ1) is 4.84. The molecule has 1 atom stereocenters. The molecule has 1 nitrogen and oxygen atoms in total. The van der Waals surface area contributed by atoms with Crippen LogP contribution in [0.15, 0.2) is 35.2 Å². The van der Waals surface area contributed by atoms with Crippen LogP contribution >= 0.6 is 11.6 Å². The van der Waals surface area contributed by atoms with Crippen molar-refractivity contribution < 1.29 is 4.21 Å². The summed E-state index contributed by atoms with van der Waals surface area (Å²) in [5.41, 5.74) is 0.